The maximum absolute atomic E-state index is 13.4. The average molecular weight is 416 g/mol. The Labute approximate surface area is 178 Å². The molecule has 0 aromatic heterocycles. The lowest BCUT2D eigenvalue weighted by Gasteiger charge is -2.51. The highest BCUT2D eigenvalue weighted by Crippen LogP contribution is 2.39. The number of ketones is 1. The Balaban J connectivity index is 1.38. The van der Waals surface area contributed by atoms with Crippen LogP contribution in [0.3, 0.4) is 0 Å². The molecule has 7 heteroatoms. The normalized spacial score (nSPS) is 34.0. The smallest absolute Gasteiger partial charge is 0.238 e. The first-order chi connectivity index (χ1) is 14.5. The molecule has 6 unspecified atom stereocenters. The molecule has 0 bridgehead atoms. The number of carbonyl (C=O) groups excluding carboxylic acids is 2. The largest absolute Gasteiger partial charge is 0.495 e. The van der Waals surface area contributed by atoms with Gasteiger partial charge in [0.25, 0.3) is 0 Å². The Morgan fingerprint density at radius 1 is 1.23 bits per heavy atom. The molecule has 3 aliphatic rings. The van der Waals surface area contributed by atoms with Gasteiger partial charge in [-0.3, -0.25) is 14.5 Å². The number of likely N-dealkylation sites (tertiary alicyclic amines) is 1. The molecule has 0 radical (unpaired) electrons. The number of amides is 1. The molecule has 6 atom stereocenters. The summed E-state index contributed by atoms with van der Waals surface area (Å²) in [4.78, 5) is 28.1. The number of fused-ring (bicyclic) bond motifs is 2. The van der Waals surface area contributed by atoms with E-state index in [0.29, 0.717) is 29.7 Å². The van der Waals surface area contributed by atoms with Gasteiger partial charge in [-0.15, -0.1) is 0 Å². The number of carbonyl (C=O) groups is 2. The van der Waals surface area contributed by atoms with Gasteiger partial charge in [-0.1, -0.05) is 19.1 Å². The van der Waals surface area contributed by atoms with Crippen LogP contribution in [0.15, 0.2) is 24.3 Å². The highest BCUT2D eigenvalue weighted by molar-refractivity contribution is 5.93. The van der Waals surface area contributed by atoms with Gasteiger partial charge < -0.3 is 20.1 Å². The number of nitrogens with one attached hydrogen (secondary N) is 2. The minimum Gasteiger partial charge on any atom is -0.495 e. The number of hydrogen-bond acceptors (Lipinski definition) is 6. The first-order valence-electron chi connectivity index (χ1n) is 11.0. The van der Waals surface area contributed by atoms with Crippen LogP contribution in [0, 0.1) is 17.8 Å². The molecule has 7 nitrogen and oxygen atoms in total. The molecule has 2 N–H and O–H groups in total. The third-order valence-corrected chi connectivity index (χ3v) is 7.11. The van der Waals surface area contributed by atoms with Crippen molar-refractivity contribution in [2.45, 2.75) is 44.4 Å². The van der Waals surface area contributed by atoms with Crippen molar-refractivity contribution in [3.8, 4) is 5.75 Å². The van der Waals surface area contributed by atoms with Crippen LogP contribution in [-0.4, -0.2) is 68.6 Å². The minimum atomic E-state index is -0.0854. The predicted molar refractivity (Wildman–Crippen MR) is 115 cm³/mol. The van der Waals surface area contributed by atoms with E-state index in [-0.39, 0.29) is 42.5 Å². The zero-order chi connectivity index (χ0) is 21.3. The van der Waals surface area contributed by atoms with E-state index in [9.17, 15) is 9.59 Å². The van der Waals surface area contributed by atoms with Crippen molar-refractivity contribution in [1.82, 2.24) is 10.2 Å². The quantitative estimate of drug-likeness (QED) is 0.765. The van der Waals surface area contributed by atoms with Gasteiger partial charge in [0.2, 0.25) is 5.91 Å². The number of Topliss-reactive ketones (excluding diaryl/α,β-unsaturated/α-hetero) is 1. The maximum Gasteiger partial charge on any atom is 0.238 e. The van der Waals surface area contributed by atoms with E-state index in [0.717, 1.165) is 25.8 Å². The molecule has 1 aliphatic carbocycles. The first-order valence-corrected chi connectivity index (χ1v) is 11.0. The van der Waals surface area contributed by atoms with Crippen LogP contribution in [0.25, 0.3) is 0 Å². The molecule has 1 aromatic rings. The van der Waals surface area contributed by atoms with Crippen molar-refractivity contribution >= 4 is 17.4 Å². The van der Waals surface area contributed by atoms with E-state index in [4.69, 9.17) is 9.47 Å². The number of ether oxygens (including phenoxy) is 2. The Morgan fingerprint density at radius 3 is 2.80 bits per heavy atom. The fourth-order valence-corrected chi connectivity index (χ4v) is 5.56. The highest BCUT2D eigenvalue weighted by Gasteiger charge is 2.49. The molecular weight excluding hydrogens is 382 g/mol. The summed E-state index contributed by atoms with van der Waals surface area (Å²) in [6.07, 6.45) is 2.86. The number of benzene rings is 1. The van der Waals surface area contributed by atoms with Crippen LogP contribution in [0.1, 0.15) is 26.2 Å². The molecular formula is C23H33N3O4. The van der Waals surface area contributed by atoms with Gasteiger partial charge in [0.05, 0.1) is 25.4 Å². The van der Waals surface area contributed by atoms with Gasteiger partial charge in [-0.05, 0) is 37.3 Å². The lowest BCUT2D eigenvalue weighted by Crippen LogP contribution is -2.66. The van der Waals surface area contributed by atoms with Gasteiger partial charge in [-0.2, -0.15) is 0 Å². The second-order valence-electron chi connectivity index (χ2n) is 8.99. The monoisotopic (exact) mass is 415 g/mol. The maximum atomic E-state index is 13.4. The van der Waals surface area contributed by atoms with Gasteiger partial charge in [0.1, 0.15) is 11.5 Å². The summed E-state index contributed by atoms with van der Waals surface area (Å²) in [5.74, 6) is 1.30. The van der Waals surface area contributed by atoms with E-state index < -0.39 is 0 Å². The standard InChI is InChI=1S/C23H33N3O4/c1-14-10-15(29-2)11-16-22(14)25-18-8-9-26(12-17(18)23(16)28)13-21(27)24-19-6-4-5-7-20(19)30-3/h4-7,14-18,22,25H,8-13H2,1-3H3,(H,24,27). The number of methoxy groups -OCH3 is 2. The average Bonchev–Trinajstić information content (AvgIpc) is 2.75. The summed E-state index contributed by atoms with van der Waals surface area (Å²) in [5, 5.41) is 6.72. The Bertz CT molecular complexity index is 785. The zero-order valence-electron chi connectivity index (χ0n) is 18.1. The summed E-state index contributed by atoms with van der Waals surface area (Å²) < 4.78 is 10.9. The third kappa shape index (κ3) is 4.24. The van der Waals surface area contributed by atoms with Crippen LogP contribution < -0.4 is 15.4 Å². The minimum absolute atomic E-state index is 0.0160. The summed E-state index contributed by atoms with van der Waals surface area (Å²) in [6, 6.07) is 7.86. The van der Waals surface area contributed by atoms with E-state index in [1.807, 2.05) is 24.3 Å². The van der Waals surface area contributed by atoms with Crippen LogP contribution in [0.5, 0.6) is 5.75 Å². The fraction of sp³-hybridized carbons (Fsp3) is 0.652. The van der Waals surface area contributed by atoms with E-state index in [2.05, 4.69) is 22.5 Å². The summed E-state index contributed by atoms with van der Waals surface area (Å²) >= 11 is 0. The first kappa shape index (κ1) is 21.3. The fourth-order valence-electron chi connectivity index (χ4n) is 5.56. The topological polar surface area (TPSA) is 79.9 Å². The number of nitrogens with zero attached hydrogens (tertiary/aromatic N) is 1. The molecule has 3 fully saturated rings. The lowest BCUT2D eigenvalue weighted by molar-refractivity contribution is -0.140. The summed E-state index contributed by atoms with van der Waals surface area (Å²) in [5.41, 5.74) is 0.667. The number of para-hydroxylation sites is 2. The van der Waals surface area contributed by atoms with Gasteiger partial charge in [0, 0.05) is 44.1 Å². The molecule has 2 aliphatic heterocycles. The second-order valence-corrected chi connectivity index (χ2v) is 8.99. The van der Waals surface area contributed by atoms with Gasteiger partial charge in [-0.25, -0.2) is 0 Å². The number of anilines is 1. The van der Waals surface area contributed by atoms with Crippen molar-refractivity contribution in [3.63, 3.8) is 0 Å². The molecule has 30 heavy (non-hydrogen) atoms. The van der Waals surface area contributed by atoms with Crippen LogP contribution in [0.4, 0.5) is 5.69 Å². The SMILES string of the molecule is COc1ccccc1NC(=O)CN1CCC2NC3C(C)CC(OC)CC3C(=O)C2C1. The third-order valence-electron chi connectivity index (χ3n) is 7.11. The summed E-state index contributed by atoms with van der Waals surface area (Å²) in [6.45, 7) is 3.94. The van der Waals surface area contributed by atoms with Crippen molar-refractivity contribution in [3.05, 3.63) is 24.3 Å². The number of rotatable bonds is 5. The number of hydrogen-bond donors (Lipinski definition) is 2. The highest BCUT2D eigenvalue weighted by atomic mass is 16.5. The van der Waals surface area contributed by atoms with Gasteiger partial charge >= 0.3 is 0 Å². The van der Waals surface area contributed by atoms with Crippen molar-refractivity contribution in [2.24, 2.45) is 17.8 Å². The molecule has 2 heterocycles. The van der Waals surface area contributed by atoms with Crippen molar-refractivity contribution < 1.29 is 19.1 Å². The number of piperidine rings is 2. The Morgan fingerprint density at radius 2 is 2.03 bits per heavy atom. The lowest BCUT2D eigenvalue weighted by atomic mass is 9.66. The zero-order valence-corrected chi connectivity index (χ0v) is 18.1. The predicted octanol–water partition coefficient (Wildman–Crippen LogP) is 1.93. The molecule has 4 rings (SSSR count). The molecule has 1 amide bonds. The van der Waals surface area contributed by atoms with E-state index >= 15 is 0 Å². The molecule has 0 spiro atoms. The Kier molecular flexibility index (Phi) is 6.41. The van der Waals surface area contributed by atoms with E-state index in [1.54, 1.807) is 14.2 Å². The molecule has 1 saturated carbocycles. The molecule has 1 aromatic carbocycles. The molecule has 2 saturated heterocycles. The van der Waals surface area contributed by atoms with Crippen LogP contribution in [-0.2, 0) is 14.3 Å². The van der Waals surface area contributed by atoms with Gasteiger partial charge in [0.15, 0.2) is 0 Å². The van der Waals surface area contributed by atoms with Crippen molar-refractivity contribution in [1.29, 1.82) is 0 Å². The summed E-state index contributed by atoms with van der Waals surface area (Å²) in [7, 11) is 3.33. The van der Waals surface area contributed by atoms with Crippen LogP contribution >= 0.6 is 0 Å². The Hall–Kier alpha value is -1.96. The van der Waals surface area contributed by atoms with Crippen molar-refractivity contribution in [2.75, 3.05) is 39.2 Å². The molecule has 164 valence electrons. The second kappa shape index (κ2) is 9.04. The van der Waals surface area contributed by atoms with Crippen LogP contribution in [0.2, 0.25) is 0 Å². The van der Waals surface area contributed by atoms with E-state index in [1.165, 1.54) is 0 Å².